The van der Waals surface area contributed by atoms with E-state index < -0.39 is 21.4 Å². The molecule has 1 rings (SSSR count). The molecule has 0 bridgehead atoms. The van der Waals surface area contributed by atoms with Gasteiger partial charge in [0.1, 0.15) is 0 Å². The van der Waals surface area contributed by atoms with Crippen molar-refractivity contribution < 1.29 is 9.47 Å². The van der Waals surface area contributed by atoms with Crippen molar-refractivity contribution in [3.63, 3.8) is 0 Å². The van der Waals surface area contributed by atoms with Crippen molar-refractivity contribution in [2.45, 2.75) is 10.3 Å². The third kappa shape index (κ3) is 4.82. The van der Waals surface area contributed by atoms with E-state index in [9.17, 15) is 0 Å². The van der Waals surface area contributed by atoms with Crippen molar-refractivity contribution in [2.24, 2.45) is 0 Å². The zero-order valence-electron chi connectivity index (χ0n) is 9.40. The van der Waals surface area contributed by atoms with Crippen LogP contribution in [-0.4, -0.2) is 71.2 Å². The topological polar surface area (TPSA) is 21.7 Å². The summed E-state index contributed by atoms with van der Waals surface area (Å²) < 4.78 is 15.7. The second-order valence-corrected chi connectivity index (χ2v) is 11.8. The summed E-state index contributed by atoms with van der Waals surface area (Å²) in [6, 6.07) is 0. The second-order valence-electron chi connectivity index (χ2n) is 4.03. The molecule has 1 heterocycles. The molecule has 80 valence electrons. The maximum atomic E-state index is 5.67. The number of methoxy groups -OCH3 is 1. The summed E-state index contributed by atoms with van der Waals surface area (Å²) in [6.45, 7) is 1.89. The van der Waals surface area contributed by atoms with Gasteiger partial charge in [0.2, 0.25) is 0 Å². The summed E-state index contributed by atoms with van der Waals surface area (Å²) in [6.07, 6.45) is 2.61. The molecule has 0 fully saturated rings. The molecule has 0 aromatic carbocycles. The Hall–Kier alpha value is 0.490. The van der Waals surface area contributed by atoms with E-state index in [0.717, 1.165) is 17.5 Å². The van der Waals surface area contributed by atoms with Gasteiger partial charge in [-0.05, 0) is 0 Å². The molecule has 4 heteroatoms. The minimum atomic E-state index is -1.44. The van der Waals surface area contributed by atoms with E-state index >= 15 is 0 Å². The molecule has 14 heavy (non-hydrogen) atoms. The molecule has 0 amide bonds. The third-order valence-electron chi connectivity index (χ3n) is 2.45. The second kappa shape index (κ2) is 6.88. The predicted molar refractivity (Wildman–Crippen MR) is 59.9 cm³/mol. The third-order valence-corrected chi connectivity index (χ3v) is 9.59. The van der Waals surface area contributed by atoms with Crippen molar-refractivity contribution in [1.82, 2.24) is 4.90 Å². The SMILES string of the molecule is COC1C=[CH][In]([CH2]OCCN(C)C)[CH2]1. The van der Waals surface area contributed by atoms with Crippen molar-refractivity contribution in [3.05, 3.63) is 9.91 Å². The van der Waals surface area contributed by atoms with Gasteiger partial charge in [0, 0.05) is 0 Å². The van der Waals surface area contributed by atoms with Gasteiger partial charge >= 0.3 is 94.7 Å². The fourth-order valence-corrected chi connectivity index (χ4v) is 8.32. The number of ether oxygens (including phenoxy) is 2. The van der Waals surface area contributed by atoms with Crippen LogP contribution < -0.4 is 0 Å². The molecule has 0 aromatic rings. The summed E-state index contributed by atoms with van der Waals surface area (Å²) >= 11 is -1.44. The van der Waals surface area contributed by atoms with Crippen LogP contribution in [0.15, 0.2) is 9.91 Å². The van der Waals surface area contributed by atoms with Crippen LogP contribution in [0.4, 0.5) is 0 Å². The van der Waals surface area contributed by atoms with Crippen LogP contribution in [0, 0.1) is 0 Å². The summed E-state index contributed by atoms with van der Waals surface area (Å²) in [5.41, 5.74) is 0. The summed E-state index contributed by atoms with van der Waals surface area (Å²) in [4.78, 5) is 2.15. The first-order valence-corrected chi connectivity index (χ1v) is 11.7. The molecule has 1 aliphatic rings. The number of hydrogen-bond acceptors (Lipinski definition) is 3. The maximum absolute atomic E-state index is 5.67. The van der Waals surface area contributed by atoms with E-state index in [-0.39, 0.29) is 0 Å². The van der Waals surface area contributed by atoms with Gasteiger partial charge in [-0.2, -0.15) is 0 Å². The molecule has 0 radical (unpaired) electrons. The Labute approximate surface area is 94.6 Å². The van der Waals surface area contributed by atoms with Gasteiger partial charge in [-0.25, -0.2) is 0 Å². The van der Waals surface area contributed by atoms with Crippen LogP contribution in [-0.2, 0) is 9.47 Å². The minimum absolute atomic E-state index is 0.397. The molecule has 1 aliphatic heterocycles. The molecule has 1 atom stereocenters. The molecule has 0 aromatic heterocycles. The van der Waals surface area contributed by atoms with Gasteiger partial charge in [0.15, 0.2) is 0 Å². The Morgan fingerprint density at radius 2 is 2.29 bits per heavy atom. The van der Waals surface area contributed by atoms with Crippen LogP contribution in [0.2, 0.25) is 4.18 Å². The Morgan fingerprint density at radius 3 is 2.86 bits per heavy atom. The molecule has 1 unspecified atom stereocenters. The van der Waals surface area contributed by atoms with Crippen molar-refractivity contribution in [2.75, 3.05) is 38.7 Å². The van der Waals surface area contributed by atoms with Crippen LogP contribution in [0.1, 0.15) is 0 Å². The molecule has 3 nitrogen and oxygen atoms in total. The molecule has 0 N–H and O–H groups in total. The fourth-order valence-electron chi connectivity index (χ4n) is 1.52. The predicted octanol–water partition coefficient (Wildman–Crippen LogP) is 0.723. The zero-order valence-corrected chi connectivity index (χ0v) is 12.7. The molecular weight excluding hydrogens is 281 g/mol. The standard InChI is InChI=1S/C5H12NO.C5H8O.In/c1-6(2)4-5-7-3;1-4-5(2)6-3;/h3-5H2,1-2H3;1,4-5H,2H2,3H3;. The Balaban J connectivity index is 2.01. The summed E-state index contributed by atoms with van der Waals surface area (Å²) in [5, 5.41) is 0. The number of hydrogen-bond donors (Lipinski definition) is 0. The van der Waals surface area contributed by atoms with Crippen LogP contribution >= 0.6 is 0 Å². The summed E-state index contributed by atoms with van der Waals surface area (Å²) in [5.74, 6) is 0. The average Bonchev–Trinajstić information content (AvgIpc) is 2.60. The van der Waals surface area contributed by atoms with E-state index in [1.807, 2.05) is 0 Å². The molecular formula is C10H20InNO2. The Morgan fingerprint density at radius 1 is 1.50 bits per heavy atom. The average molecular weight is 301 g/mol. The summed E-state index contributed by atoms with van der Waals surface area (Å²) in [7, 11) is 5.93. The number of nitrogens with zero attached hydrogens (tertiary/aromatic N) is 1. The van der Waals surface area contributed by atoms with E-state index in [1.165, 1.54) is 4.18 Å². The first-order valence-electron chi connectivity index (χ1n) is 5.16. The number of rotatable bonds is 6. The normalized spacial score (nSPS) is 21.1. The van der Waals surface area contributed by atoms with E-state index in [2.05, 4.69) is 28.9 Å². The van der Waals surface area contributed by atoms with Gasteiger partial charge < -0.3 is 0 Å². The number of likely N-dealkylation sites (N-methyl/N-ethyl adjacent to an activating group) is 1. The van der Waals surface area contributed by atoms with Gasteiger partial charge in [-0.3, -0.25) is 0 Å². The fraction of sp³-hybridized carbons (Fsp3) is 0.800. The first kappa shape index (κ1) is 12.6. The molecule has 0 aliphatic carbocycles. The first-order chi connectivity index (χ1) is 6.72. The van der Waals surface area contributed by atoms with E-state index in [1.54, 1.807) is 7.11 Å². The van der Waals surface area contributed by atoms with Gasteiger partial charge in [-0.15, -0.1) is 0 Å². The van der Waals surface area contributed by atoms with E-state index in [0.29, 0.717) is 6.10 Å². The molecule has 0 spiro atoms. The van der Waals surface area contributed by atoms with Crippen LogP contribution in [0.5, 0.6) is 0 Å². The van der Waals surface area contributed by atoms with Crippen molar-refractivity contribution in [1.29, 1.82) is 0 Å². The van der Waals surface area contributed by atoms with Gasteiger partial charge in [0.25, 0.3) is 0 Å². The monoisotopic (exact) mass is 301 g/mol. The van der Waals surface area contributed by atoms with Crippen LogP contribution in [0.3, 0.4) is 0 Å². The zero-order chi connectivity index (χ0) is 10.4. The van der Waals surface area contributed by atoms with E-state index in [4.69, 9.17) is 9.47 Å². The van der Waals surface area contributed by atoms with Gasteiger partial charge in [-0.1, -0.05) is 0 Å². The van der Waals surface area contributed by atoms with Crippen molar-refractivity contribution >= 4 is 21.4 Å². The van der Waals surface area contributed by atoms with Crippen LogP contribution in [0.25, 0.3) is 0 Å². The molecule has 0 saturated carbocycles. The molecule has 0 saturated heterocycles. The van der Waals surface area contributed by atoms with Crippen molar-refractivity contribution in [3.8, 4) is 0 Å². The Kier molecular flexibility index (Phi) is 6.17. The van der Waals surface area contributed by atoms with Gasteiger partial charge in [0.05, 0.1) is 0 Å². The quantitative estimate of drug-likeness (QED) is 0.675. The Bertz CT molecular complexity index is 185.